The number of benzene rings is 5. The van der Waals surface area contributed by atoms with Gasteiger partial charge < -0.3 is 93.0 Å². The molecule has 5 aromatic carbocycles. The van der Waals surface area contributed by atoms with Gasteiger partial charge >= 0.3 is 0 Å². The van der Waals surface area contributed by atoms with Crippen molar-refractivity contribution in [2.45, 2.75) is 97.0 Å². The summed E-state index contributed by atoms with van der Waals surface area (Å²) in [5.41, 5.74) is 5.09. The molecule has 0 saturated carbocycles. The van der Waals surface area contributed by atoms with Gasteiger partial charge in [-0.1, -0.05) is 87.4 Å². The summed E-state index contributed by atoms with van der Waals surface area (Å²) in [7, 11) is 0. The second kappa shape index (κ2) is 34.7. The van der Waals surface area contributed by atoms with Crippen molar-refractivity contribution in [3.63, 3.8) is 0 Å². The van der Waals surface area contributed by atoms with E-state index in [0.29, 0.717) is 17.1 Å². The van der Waals surface area contributed by atoms with Crippen LogP contribution in [0.4, 0.5) is 0 Å². The molecular formula is C62H68N3O19-7. The lowest BCUT2D eigenvalue weighted by Crippen LogP contribution is -2.55. The Morgan fingerprint density at radius 1 is 0.429 bits per heavy atom. The molecule has 1 atom stereocenters. The molecule has 5 rings (SSSR count). The molecule has 84 heavy (non-hydrogen) atoms. The average Bonchev–Trinajstić information content (AvgIpc) is 3.55. The molecule has 0 spiro atoms. The summed E-state index contributed by atoms with van der Waals surface area (Å²) >= 11 is 0. The van der Waals surface area contributed by atoms with Crippen molar-refractivity contribution in [1.82, 2.24) is 14.7 Å². The predicted molar refractivity (Wildman–Crippen MR) is 288 cm³/mol. The Labute approximate surface area is 487 Å². The zero-order valence-corrected chi connectivity index (χ0v) is 47.0. The van der Waals surface area contributed by atoms with E-state index in [0.717, 1.165) is 59.5 Å². The van der Waals surface area contributed by atoms with Gasteiger partial charge in [0, 0.05) is 94.3 Å². The SMILES string of the molecule is CCCCc1ccc(COc2ccc(OCC(COc3ccc(OCc4ccc(CCCC)cc4)cc3CC(=O)[O-])Oc3ccc(CC(CN(CCN(CC(=O)[O-])CC(=O)[O-])CC(=O)[O-])N(CC(=O)[O-])CC(=O)[O-])cc3)c(CC(=O)[O-])c2)cc1. The number of ether oxygens (including phenoxy) is 5. The quantitative estimate of drug-likeness (QED) is 0.0393. The molecule has 0 fully saturated rings. The number of unbranched alkanes of at least 4 members (excludes halogenated alkanes) is 2. The Bertz CT molecular complexity index is 2780. The van der Waals surface area contributed by atoms with E-state index in [4.69, 9.17) is 23.7 Å². The van der Waals surface area contributed by atoms with E-state index in [1.54, 1.807) is 24.3 Å². The molecule has 0 heterocycles. The molecule has 0 bridgehead atoms. The molecule has 1 unspecified atom stereocenters. The molecule has 0 radical (unpaired) electrons. The monoisotopic (exact) mass is 1160 g/mol. The zero-order valence-electron chi connectivity index (χ0n) is 47.0. The van der Waals surface area contributed by atoms with Crippen molar-refractivity contribution in [2.75, 3.05) is 65.6 Å². The first-order valence-corrected chi connectivity index (χ1v) is 27.5. The van der Waals surface area contributed by atoms with Gasteiger partial charge in [-0.15, -0.1) is 0 Å². The van der Waals surface area contributed by atoms with Crippen molar-refractivity contribution in [1.29, 1.82) is 0 Å². The number of carboxylic acid groups (broad SMARTS) is 7. The average molecular weight is 1160 g/mol. The molecule has 0 aliphatic rings. The predicted octanol–water partition coefficient (Wildman–Crippen LogP) is -2.41. The summed E-state index contributed by atoms with van der Waals surface area (Å²) in [5.74, 6) is -9.79. The summed E-state index contributed by atoms with van der Waals surface area (Å²) in [5, 5.41) is 82.5. The van der Waals surface area contributed by atoms with Gasteiger partial charge in [0.25, 0.3) is 0 Å². The standard InChI is InChI=1S/C62H75N3O19/c1-3-5-7-42-9-13-45(14-10-42)38-80-51-21-23-54(47(28-51)30-56(66)67)82-40-53(41-83-55-24-22-52(29-48(55)31-57(68)69)81-39-46-15-11-43(12-16-46)8-6-4-2)84-50-19-17-44(18-20-50)27-49(65(36-61(76)77)37-62(78)79)32-63(33-58(70)71)25-26-64(34-59(72)73)35-60(74)75/h9-24,28-29,49,53H,3-8,25-27,30-41H2,1-2H3,(H,66,67)(H,68,69)(H,70,71)(H,72,73)(H,74,75)(H,76,77)(H,78,79)/p-7. The minimum Gasteiger partial charge on any atom is -0.550 e. The first kappa shape index (κ1) is 66.1. The van der Waals surface area contributed by atoms with Gasteiger partial charge in [0.1, 0.15) is 55.2 Å². The van der Waals surface area contributed by atoms with Crippen LogP contribution in [0.3, 0.4) is 0 Å². The van der Waals surface area contributed by atoms with Crippen LogP contribution in [0.2, 0.25) is 0 Å². The first-order valence-electron chi connectivity index (χ1n) is 27.5. The zero-order chi connectivity index (χ0) is 61.0. The Balaban J connectivity index is 1.41. The fraction of sp³-hybridized carbons (Fsp3) is 0.403. The summed E-state index contributed by atoms with van der Waals surface area (Å²) in [6.07, 6.45) is 3.92. The van der Waals surface area contributed by atoms with E-state index >= 15 is 0 Å². The van der Waals surface area contributed by atoms with Crippen LogP contribution in [0.15, 0.2) is 109 Å². The Morgan fingerprint density at radius 3 is 1.21 bits per heavy atom. The smallest absolute Gasteiger partial charge is 0.166 e. The molecule has 5 aromatic rings. The van der Waals surface area contributed by atoms with E-state index in [1.807, 2.05) is 48.5 Å². The second-order valence-corrected chi connectivity index (χ2v) is 20.1. The van der Waals surface area contributed by atoms with E-state index in [1.165, 1.54) is 52.4 Å². The third-order valence-electron chi connectivity index (χ3n) is 13.2. The van der Waals surface area contributed by atoms with Crippen LogP contribution in [0.25, 0.3) is 0 Å². The number of carbonyl (C=O) groups excluding carboxylic acids is 7. The maximum Gasteiger partial charge on any atom is 0.166 e. The number of rotatable bonds is 42. The van der Waals surface area contributed by atoms with E-state index < -0.39 is 99.5 Å². The highest BCUT2D eigenvalue weighted by molar-refractivity contribution is 5.72. The van der Waals surface area contributed by atoms with Crippen LogP contribution in [-0.4, -0.2) is 134 Å². The van der Waals surface area contributed by atoms with Crippen molar-refractivity contribution >= 4 is 41.8 Å². The van der Waals surface area contributed by atoms with Gasteiger partial charge in [-0.05, 0) is 108 Å². The maximum absolute atomic E-state index is 12.0. The van der Waals surface area contributed by atoms with Crippen molar-refractivity contribution in [3.8, 4) is 28.7 Å². The van der Waals surface area contributed by atoms with E-state index in [-0.39, 0.29) is 80.9 Å². The fourth-order valence-electron chi connectivity index (χ4n) is 9.04. The van der Waals surface area contributed by atoms with Gasteiger partial charge in [0.2, 0.25) is 0 Å². The van der Waals surface area contributed by atoms with Crippen molar-refractivity contribution in [2.24, 2.45) is 0 Å². The lowest BCUT2D eigenvalue weighted by atomic mass is 10.0. The van der Waals surface area contributed by atoms with Gasteiger partial charge in [-0.25, -0.2) is 0 Å². The molecular weight excluding hydrogens is 1090 g/mol. The number of carboxylic acids is 7. The Kier molecular flexibility index (Phi) is 27.3. The molecule has 0 aromatic heterocycles. The number of hydrogen-bond donors (Lipinski definition) is 0. The number of nitrogens with zero attached hydrogens (tertiary/aromatic N) is 3. The molecule has 22 nitrogen and oxygen atoms in total. The van der Waals surface area contributed by atoms with Gasteiger partial charge in [-0.3, -0.25) is 14.7 Å². The van der Waals surface area contributed by atoms with Crippen LogP contribution in [0.5, 0.6) is 28.7 Å². The molecule has 0 saturated heterocycles. The molecule has 452 valence electrons. The highest BCUT2D eigenvalue weighted by Gasteiger charge is 2.25. The second-order valence-electron chi connectivity index (χ2n) is 20.1. The van der Waals surface area contributed by atoms with Crippen LogP contribution in [-0.2, 0) is 78.9 Å². The van der Waals surface area contributed by atoms with Gasteiger partial charge in [0.15, 0.2) is 6.10 Å². The highest BCUT2D eigenvalue weighted by atomic mass is 16.6. The number of aryl methyl sites for hydroxylation is 2. The van der Waals surface area contributed by atoms with E-state index in [9.17, 15) is 69.3 Å². The summed E-state index contributed by atoms with van der Waals surface area (Å²) in [6, 6.07) is 30.4. The lowest BCUT2D eigenvalue weighted by Gasteiger charge is -2.37. The number of carbonyl (C=O) groups is 7. The van der Waals surface area contributed by atoms with Crippen LogP contribution in [0, 0.1) is 0 Å². The highest BCUT2D eigenvalue weighted by Crippen LogP contribution is 2.29. The van der Waals surface area contributed by atoms with Crippen LogP contribution >= 0.6 is 0 Å². The summed E-state index contributed by atoms with van der Waals surface area (Å²) in [6.45, 7) is -1.35. The van der Waals surface area contributed by atoms with E-state index in [2.05, 4.69) is 13.8 Å². The van der Waals surface area contributed by atoms with Crippen molar-refractivity contribution < 1.29 is 93.0 Å². The molecule has 0 N–H and O–H groups in total. The first-order chi connectivity index (χ1) is 40.2. The largest absolute Gasteiger partial charge is 0.550 e. The molecule has 0 amide bonds. The maximum atomic E-state index is 12.0. The molecule has 0 aliphatic heterocycles. The topological polar surface area (TPSA) is 337 Å². The van der Waals surface area contributed by atoms with Crippen LogP contribution < -0.4 is 59.4 Å². The summed E-state index contributed by atoms with van der Waals surface area (Å²) in [4.78, 5) is 85.6. The van der Waals surface area contributed by atoms with Crippen LogP contribution in [0.1, 0.15) is 78.5 Å². The number of aliphatic carboxylic acids is 7. The number of hydrogen-bond acceptors (Lipinski definition) is 22. The van der Waals surface area contributed by atoms with Gasteiger partial charge in [0.05, 0.1) is 29.8 Å². The Hall–Kier alpha value is -8.73. The Morgan fingerprint density at radius 2 is 0.810 bits per heavy atom. The van der Waals surface area contributed by atoms with Crippen molar-refractivity contribution in [3.05, 3.63) is 148 Å². The molecule has 0 aliphatic carbocycles. The third kappa shape index (κ3) is 24.8. The minimum atomic E-state index is -1.67. The fourth-order valence-corrected chi connectivity index (χ4v) is 9.04. The summed E-state index contributed by atoms with van der Waals surface area (Å²) < 4.78 is 30.9. The molecule has 22 heteroatoms. The third-order valence-corrected chi connectivity index (χ3v) is 13.2. The lowest BCUT2D eigenvalue weighted by molar-refractivity contribution is -0.313. The minimum absolute atomic E-state index is 0.139. The van der Waals surface area contributed by atoms with Gasteiger partial charge in [-0.2, -0.15) is 0 Å². The normalized spacial score (nSPS) is 11.6.